The molecule has 0 unspecified atom stereocenters. The quantitative estimate of drug-likeness (QED) is 0.295. The molecule has 3 aromatic carbocycles. The van der Waals surface area contributed by atoms with Gasteiger partial charge in [0, 0.05) is 5.69 Å². The van der Waals surface area contributed by atoms with Crippen molar-refractivity contribution in [2.75, 3.05) is 11.9 Å². The molecule has 154 valence electrons. The zero-order valence-electron chi connectivity index (χ0n) is 17.1. The fourth-order valence-corrected chi connectivity index (χ4v) is 2.85. The van der Waals surface area contributed by atoms with E-state index >= 15 is 0 Å². The van der Waals surface area contributed by atoms with Gasteiger partial charge in [-0.15, -0.1) is 0 Å². The highest BCUT2D eigenvalue weighted by atomic mass is 32.1. The lowest BCUT2D eigenvalue weighted by molar-refractivity contribution is 0.269. The Kier molecular flexibility index (Phi) is 7.80. The molecular weight excluding hydrogens is 394 g/mol. The minimum absolute atomic E-state index is 0.417. The van der Waals surface area contributed by atoms with E-state index in [1.165, 1.54) is 5.56 Å². The Labute approximate surface area is 182 Å². The molecule has 0 aliphatic carbocycles. The van der Waals surface area contributed by atoms with E-state index in [9.17, 15) is 0 Å². The van der Waals surface area contributed by atoms with E-state index < -0.39 is 0 Å². The van der Waals surface area contributed by atoms with Crippen LogP contribution in [0, 0.1) is 6.92 Å². The number of hydrogen-bond acceptors (Lipinski definition) is 4. The number of hydrogen-bond donors (Lipinski definition) is 2. The van der Waals surface area contributed by atoms with Crippen LogP contribution in [0.4, 0.5) is 5.69 Å². The fraction of sp³-hybridized carbons (Fsp3) is 0.167. The van der Waals surface area contributed by atoms with E-state index in [4.69, 9.17) is 21.7 Å². The van der Waals surface area contributed by atoms with Gasteiger partial charge in [-0.25, -0.2) is 0 Å². The Balaban J connectivity index is 1.60. The second kappa shape index (κ2) is 11.0. The minimum Gasteiger partial charge on any atom is -0.490 e. The second-order valence-electron chi connectivity index (χ2n) is 6.60. The van der Waals surface area contributed by atoms with Crippen LogP contribution in [0.2, 0.25) is 0 Å². The molecule has 0 aliphatic rings. The number of thiocarbonyl (C=S) groups is 1. The van der Waals surface area contributed by atoms with Crippen molar-refractivity contribution in [1.82, 2.24) is 5.43 Å². The van der Waals surface area contributed by atoms with E-state index in [1.54, 1.807) is 6.21 Å². The smallest absolute Gasteiger partial charge is 0.191 e. The number of anilines is 1. The third-order valence-electron chi connectivity index (χ3n) is 4.19. The van der Waals surface area contributed by atoms with Crippen LogP contribution in [0.5, 0.6) is 11.5 Å². The maximum atomic E-state index is 5.96. The topological polar surface area (TPSA) is 54.9 Å². The van der Waals surface area contributed by atoms with E-state index in [1.807, 2.05) is 55.5 Å². The third-order valence-corrected chi connectivity index (χ3v) is 4.39. The van der Waals surface area contributed by atoms with Gasteiger partial charge in [-0.05, 0) is 67.5 Å². The molecule has 0 heterocycles. The highest BCUT2D eigenvalue weighted by molar-refractivity contribution is 7.80. The van der Waals surface area contributed by atoms with Gasteiger partial charge < -0.3 is 14.8 Å². The first kappa shape index (κ1) is 21.3. The second-order valence-corrected chi connectivity index (χ2v) is 7.01. The average Bonchev–Trinajstić information content (AvgIpc) is 2.75. The molecule has 0 atom stereocenters. The molecule has 0 aliphatic heterocycles. The summed E-state index contributed by atoms with van der Waals surface area (Å²) in [5.41, 5.74) is 6.92. The summed E-state index contributed by atoms with van der Waals surface area (Å²) in [5, 5.41) is 7.68. The van der Waals surface area contributed by atoms with Crippen molar-refractivity contribution in [3.05, 3.63) is 89.5 Å². The molecule has 3 aromatic rings. The molecule has 5 nitrogen and oxygen atoms in total. The van der Waals surface area contributed by atoms with E-state index in [-0.39, 0.29) is 0 Å². The monoisotopic (exact) mass is 419 g/mol. The Morgan fingerprint density at radius 3 is 2.47 bits per heavy atom. The van der Waals surface area contributed by atoms with Gasteiger partial charge in [0.05, 0.1) is 12.8 Å². The molecular formula is C24H25N3O2S. The molecule has 0 saturated carbocycles. The average molecular weight is 420 g/mol. The zero-order chi connectivity index (χ0) is 21.2. The van der Waals surface area contributed by atoms with Crippen molar-refractivity contribution >= 4 is 29.2 Å². The lowest BCUT2D eigenvalue weighted by Gasteiger charge is -2.13. The third kappa shape index (κ3) is 6.60. The van der Waals surface area contributed by atoms with E-state index in [0.717, 1.165) is 16.8 Å². The summed E-state index contributed by atoms with van der Waals surface area (Å²) < 4.78 is 11.7. The SMILES string of the molecule is CCOc1cc(C=NNC(=S)Nc2ccccc2)ccc1OCc1ccc(C)cc1. The molecule has 0 saturated heterocycles. The van der Waals surface area contributed by atoms with Crippen LogP contribution in [0.3, 0.4) is 0 Å². The summed E-state index contributed by atoms with van der Waals surface area (Å²) in [4.78, 5) is 0. The highest BCUT2D eigenvalue weighted by Crippen LogP contribution is 2.29. The normalized spacial score (nSPS) is 10.6. The number of para-hydroxylation sites is 1. The van der Waals surface area contributed by atoms with Gasteiger partial charge in [0.2, 0.25) is 0 Å². The van der Waals surface area contributed by atoms with Crippen LogP contribution in [0.25, 0.3) is 0 Å². The van der Waals surface area contributed by atoms with Gasteiger partial charge in [-0.3, -0.25) is 5.43 Å². The van der Waals surface area contributed by atoms with Gasteiger partial charge >= 0.3 is 0 Å². The van der Waals surface area contributed by atoms with Gasteiger partial charge in [0.15, 0.2) is 16.6 Å². The van der Waals surface area contributed by atoms with E-state index in [2.05, 4.69) is 47.0 Å². The first-order chi connectivity index (χ1) is 14.6. The van der Waals surface area contributed by atoms with Crippen molar-refractivity contribution in [1.29, 1.82) is 0 Å². The number of aryl methyl sites for hydroxylation is 1. The van der Waals surface area contributed by atoms with E-state index in [0.29, 0.717) is 29.8 Å². The maximum Gasteiger partial charge on any atom is 0.191 e. The molecule has 0 fully saturated rings. The molecule has 2 N–H and O–H groups in total. The number of nitrogens with zero attached hydrogens (tertiary/aromatic N) is 1. The molecule has 0 radical (unpaired) electrons. The summed E-state index contributed by atoms with van der Waals surface area (Å²) in [6.45, 7) is 5.04. The predicted octanol–water partition coefficient (Wildman–Crippen LogP) is 5.29. The Hall–Kier alpha value is -3.38. The summed E-state index contributed by atoms with van der Waals surface area (Å²) in [6.07, 6.45) is 1.69. The highest BCUT2D eigenvalue weighted by Gasteiger charge is 2.07. The van der Waals surface area contributed by atoms with Crippen molar-refractivity contribution in [3.63, 3.8) is 0 Å². The molecule has 0 spiro atoms. The van der Waals surface area contributed by atoms with Crippen molar-refractivity contribution in [2.45, 2.75) is 20.5 Å². The Morgan fingerprint density at radius 1 is 0.967 bits per heavy atom. The van der Waals surface area contributed by atoms with Crippen molar-refractivity contribution < 1.29 is 9.47 Å². The first-order valence-corrected chi connectivity index (χ1v) is 10.1. The number of benzene rings is 3. The van der Waals surface area contributed by atoms with Crippen LogP contribution in [0.15, 0.2) is 77.9 Å². The molecule has 0 bridgehead atoms. The lowest BCUT2D eigenvalue weighted by atomic mass is 10.2. The van der Waals surface area contributed by atoms with Gasteiger partial charge in [0.25, 0.3) is 0 Å². The fourth-order valence-electron chi connectivity index (χ4n) is 2.68. The number of nitrogens with one attached hydrogen (secondary N) is 2. The maximum absolute atomic E-state index is 5.96. The van der Waals surface area contributed by atoms with Crippen LogP contribution in [-0.4, -0.2) is 17.9 Å². The molecule has 3 rings (SSSR count). The summed E-state index contributed by atoms with van der Waals surface area (Å²) in [7, 11) is 0. The number of hydrazone groups is 1. The standard InChI is InChI=1S/C24H25N3O2S/c1-3-28-23-15-20(16-25-27-24(30)26-21-7-5-4-6-8-21)13-14-22(23)29-17-19-11-9-18(2)10-12-19/h4-16H,3,17H2,1-2H3,(H2,26,27,30). The van der Waals surface area contributed by atoms with Gasteiger partial charge in [0.1, 0.15) is 6.61 Å². The van der Waals surface area contributed by atoms with Gasteiger partial charge in [-0.2, -0.15) is 5.10 Å². The first-order valence-electron chi connectivity index (χ1n) is 9.74. The van der Waals surface area contributed by atoms with Crippen LogP contribution in [0.1, 0.15) is 23.6 Å². The van der Waals surface area contributed by atoms with Gasteiger partial charge in [-0.1, -0.05) is 48.0 Å². The number of ether oxygens (including phenoxy) is 2. The van der Waals surface area contributed by atoms with Crippen molar-refractivity contribution in [2.24, 2.45) is 5.10 Å². The molecule has 30 heavy (non-hydrogen) atoms. The summed E-state index contributed by atoms with van der Waals surface area (Å²) >= 11 is 5.25. The molecule has 0 amide bonds. The largest absolute Gasteiger partial charge is 0.490 e. The lowest BCUT2D eigenvalue weighted by Crippen LogP contribution is -2.23. The molecule has 0 aromatic heterocycles. The van der Waals surface area contributed by atoms with Crippen LogP contribution >= 0.6 is 12.2 Å². The summed E-state index contributed by atoms with van der Waals surface area (Å²) in [6, 6.07) is 23.7. The summed E-state index contributed by atoms with van der Waals surface area (Å²) in [5.74, 6) is 1.38. The Bertz CT molecular complexity index is 989. The predicted molar refractivity (Wildman–Crippen MR) is 127 cm³/mol. The number of rotatable bonds is 8. The minimum atomic E-state index is 0.417. The van der Waals surface area contributed by atoms with Crippen LogP contribution < -0.4 is 20.2 Å². The van der Waals surface area contributed by atoms with Crippen molar-refractivity contribution in [3.8, 4) is 11.5 Å². The Morgan fingerprint density at radius 2 is 1.73 bits per heavy atom. The molecule has 6 heteroatoms. The van der Waals surface area contributed by atoms with Crippen LogP contribution in [-0.2, 0) is 6.61 Å². The zero-order valence-corrected chi connectivity index (χ0v) is 17.9.